The fourth-order valence-corrected chi connectivity index (χ4v) is 3.26. The Balaban J connectivity index is 1.70. The highest BCUT2D eigenvalue weighted by Gasteiger charge is 2.43. The molecule has 6 nitrogen and oxygen atoms in total. The largest absolute Gasteiger partial charge is 0.459 e. The van der Waals surface area contributed by atoms with E-state index < -0.39 is 18.0 Å². The van der Waals surface area contributed by atoms with Gasteiger partial charge in [-0.3, -0.25) is 20.0 Å². The van der Waals surface area contributed by atoms with Gasteiger partial charge in [0.15, 0.2) is 5.76 Å². The maximum Gasteiger partial charge on any atom is 0.287 e. The molecule has 0 radical (unpaired) electrons. The lowest BCUT2D eigenvalue weighted by Gasteiger charge is -2.28. The topological polar surface area (TPSA) is 74.6 Å². The molecule has 7 heteroatoms. The van der Waals surface area contributed by atoms with Crippen molar-refractivity contribution < 1.29 is 14.0 Å². The summed E-state index contributed by atoms with van der Waals surface area (Å²) in [7, 11) is 0. The van der Waals surface area contributed by atoms with E-state index in [1.807, 2.05) is 42.5 Å². The molecular weight excluding hydrogens is 366 g/mol. The normalized spacial score (nSPS) is 19.0. The summed E-state index contributed by atoms with van der Waals surface area (Å²) < 4.78 is 5.13. The lowest BCUT2D eigenvalue weighted by atomic mass is 9.99. The molecule has 0 unspecified atom stereocenters. The third kappa shape index (κ3) is 3.39. The van der Waals surface area contributed by atoms with Gasteiger partial charge in [-0.1, -0.05) is 41.9 Å². The first-order valence-electron chi connectivity index (χ1n) is 8.38. The Labute approximate surface area is 160 Å². The summed E-state index contributed by atoms with van der Waals surface area (Å²) in [4.78, 5) is 25.1. The van der Waals surface area contributed by atoms with E-state index in [2.05, 4.69) is 10.7 Å². The molecule has 1 saturated heterocycles. The third-order valence-electron chi connectivity index (χ3n) is 4.38. The van der Waals surface area contributed by atoms with E-state index in [0.29, 0.717) is 5.02 Å². The minimum absolute atomic E-state index is 0.149. The van der Waals surface area contributed by atoms with Gasteiger partial charge >= 0.3 is 0 Å². The van der Waals surface area contributed by atoms with Crippen LogP contribution in [0.1, 0.15) is 22.2 Å². The van der Waals surface area contributed by atoms with Crippen LogP contribution < -0.4 is 15.8 Å². The maximum atomic E-state index is 12.7. The van der Waals surface area contributed by atoms with E-state index in [-0.39, 0.29) is 11.7 Å². The van der Waals surface area contributed by atoms with Crippen LogP contribution in [0.4, 0.5) is 5.69 Å². The van der Waals surface area contributed by atoms with Crippen LogP contribution in [-0.4, -0.2) is 17.9 Å². The van der Waals surface area contributed by atoms with Gasteiger partial charge in [0, 0.05) is 5.02 Å². The number of furan rings is 1. The van der Waals surface area contributed by atoms with Gasteiger partial charge in [0.05, 0.1) is 12.0 Å². The average molecular weight is 382 g/mol. The van der Waals surface area contributed by atoms with E-state index in [1.54, 1.807) is 29.3 Å². The molecule has 27 heavy (non-hydrogen) atoms. The number of amides is 2. The molecule has 2 heterocycles. The quantitative estimate of drug-likeness (QED) is 0.727. The molecule has 1 aliphatic rings. The first kappa shape index (κ1) is 17.2. The number of hydrogen-bond acceptors (Lipinski definition) is 4. The van der Waals surface area contributed by atoms with Crippen LogP contribution in [0.5, 0.6) is 0 Å². The number of benzene rings is 2. The van der Waals surface area contributed by atoms with Gasteiger partial charge in [-0.05, 0) is 42.0 Å². The minimum Gasteiger partial charge on any atom is -0.459 e. The number of rotatable bonds is 4. The van der Waals surface area contributed by atoms with Crippen LogP contribution in [0.25, 0.3) is 0 Å². The van der Waals surface area contributed by atoms with Crippen molar-refractivity contribution in [3.05, 3.63) is 89.3 Å². The Morgan fingerprint density at radius 3 is 2.44 bits per heavy atom. The second-order valence-electron chi connectivity index (χ2n) is 6.11. The van der Waals surface area contributed by atoms with E-state index in [1.165, 1.54) is 6.26 Å². The van der Waals surface area contributed by atoms with Crippen molar-refractivity contribution in [3.63, 3.8) is 0 Å². The fourth-order valence-electron chi connectivity index (χ4n) is 3.13. The van der Waals surface area contributed by atoms with Gasteiger partial charge in [0.25, 0.3) is 11.8 Å². The van der Waals surface area contributed by atoms with Gasteiger partial charge in [-0.15, -0.1) is 0 Å². The summed E-state index contributed by atoms with van der Waals surface area (Å²) in [5.74, 6) is -0.608. The highest BCUT2D eigenvalue weighted by molar-refractivity contribution is 6.30. The third-order valence-corrected chi connectivity index (χ3v) is 4.64. The molecule has 2 N–H and O–H groups in total. The van der Waals surface area contributed by atoms with E-state index >= 15 is 0 Å². The van der Waals surface area contributed by atoms with Crippen molar-refractivity contribution in [2.45, 2.75) is 12.1 Å². The Morgan fingerprint density at radius 1 is 1.04 bits per heavy atom. The van der Waals surface area contributed by atoms with E-state index in [9.17, 15) is 9.59 Å². The molecule has 0 aliphatic carbocycles. The molecule has 2 amide bonds. The average Bonchev–Trinajstić information content (AvgIpc) is 3.33. The molecule has 1 fully saturated rings. The molecule has 2 atom stereocenters. The predicted molar refractivity (Wildman–Crippen MR) is 101 cm³/mol. The molecule has 4 rings (SSSR count). The van der Waals surface area contributed by atoms with Crippen LogP contribution >= 0.6 is 11.6 Å². The molecule has 0 bridgehead atoms. The predicted octanol–water partition coefficient (Wildman–Crippen LogP) is 3.32. The number of carbonyl (C=O) groups is 2. The molecular formula is C20H16ClN3O3. The van der Waals surface area contributed by atoms with Crippen molar-refractivity contribution >= 4 is 29.1 Å². The number of nitrogens with one attached hydrogen (secondary N) is 2. The Kier molecular flexibility index (Phi) is 4.56. The summed E-state index contributed by atoms with van der Waals surface area (Å²) in [5, 5.41) is 5.12. The van der Waals surface area contributed by atoms with Gasteiger partial charge in [0.1, 0.15) is 12.1 Å². The number of carbonyl (C=O) groups excluding carboxylic acids is 2. The molecule has 1 aliphatic heterocycles. The van der Waals surface area contributed by atoms with E-state index in [0.717, 1.165) is 11.3 Å². The van der Waals surface area contributed by atoms with Crippen molar-refractivity contribution in [1.29, 1.82) is 0 Å². The molecule has 2 aromatic carbocycles. The number of nitrogens with zero attached hydrogens (tertiary/aromatic N) is 1. The summed E-state index contributed by atoms with van der Waals surface area (Å²) >= 11 is 6.01. The lowest BCUT2D eigenvalue weighted by Crippen LogP contribution is -2.43. The second kappa shape index (κ2) is 7.17. The first-order valence-corrected chi connectivity index (χ1v) is 8.76. The number of halogens is 1. The molecule has 3 aromatic rings. The minimum atomic E-state index is -0.802. The Bertz CT molecular complexity index is 942. The smallest absolute Gasteiger partial charge is 0.287 e. The molecule has 1 aromatic heterocycles. The summed E-state index contributed by atoms with van der Waals surface area (Å²) in [6, 6.07) is 18.6. The van der Waals surface area contributed by atoms with Crippen molar-refractivity contribution in [3.8, 4) is 0 Å². The number of anilines is 1. The van der Waals surface area contributed by atoms with Crippen LogP contribution in [0.2, 0.25) is 5.02 Å². The first-order chi connectivity index (χ1) is 13.1. The van der Waals surface area contributed by atoms with Crippen molar-refractivity contribution in [2.75, 3.05) is 5.01 Å². The fraction of sp³-hybridized carbons (Fsp3) is 0.100. The zero-order chi connectivity index (χ0) is 18.8. The monoisotopic (exact) mass is 381 g/mol. The Hall–Kier alpha value is -3.25. The van der Waals surface area contributed by atoms with Gasteiger partial charge in [-0.25, -0.2) is 0 Å². The molecule has 136 valence electrons. The van der Waals surface area contributed by atoms with Gasteiger partial charge < -0.3 is 9.73 Å². The molecule has 0 spiro atoms. The summed E-state index contributed by atoms with van der Waals surface area (Å²) in [6.07, 6.45) is 1.41. The summed E-state index contributed by atoms with van der Waals surface area (Å²) in [6.45, 7) is 0. The number of hydrogen-bond donors (Lipinski definition) is 2. The van der Waals surface area contributed by atoms with Crippen LogP contribution in [0, 0.1) is 0 Å². The standard InChI is InChI=1S/C20H16ClN3O3/c21-14-10-8-13(9-11-14)18-17(22-19(25)16-7-4-12-27-16)20(26)23-24(18)15-5-2-1-3-6-15/h1-12,17-18H,(H,22,25)(H,23,26)/t17-,18-/m1/s1. The van der Waals surface area contributed by atoms with Gasteiger partial charge in [-0.2, -0.15) is 0 Å². The SMILES string of the molecule is O=C(N[C@H]1C(=O)NN(c2ccccc2)[C@@H]1c1ccc(Cl)cc1)c1ccco1. The van der Waals surface area contributed by atoms with Gasteiger partial charge in [0.2, 0.25) is 0 Å². The lowest BCUT2D eigenvalue weighted by molar-refractivity contribution is -0.120. The Morgan fingerprint density at radius 2 is 1.78 bits per heavy atom. The summed E-state index contributed by atoms with van der Waals surface area (Å²) in [5.41, 5.74) is 4.50. The number of hydrazine groups is 1. The maximum absolute atomic E-state index is 12.7. The zero-order valence-corrected chi connectivity index (χ0v) is 14.9. The van der Waals surface area contributed by atoms with E-state index in [4.69, 9.17) is 16.0 Å². The van der Waals surface area contributed by atoms with Crippen LogP contribution in [0.3, 0.4) is 0 Å². The van der Waals surface area contributed by atoms with Crippen LogP contribution in [-0.2, 0) is 4.79 Å². The second-order valence-corrected chi connectivity index (χ2v) is 6.54. The van der Waals surface area contributed by atoms with Crippen molar-refractivity contribution in [1.82, 2.24) is 10.7 Å². The zero-order valence-electron chi connectivity index (χ0n) is 14.1. The highest BCUT2D eigenvalue weighted by atomic mass is 35.5. The van der Waals surface area contributed by atoms with Crippen LogP contribution in [0.15, 0.2) is 77.4 Å². The highest BCUT2D eigenvalue weighted by Crippen LogP contribution is 2.33. The number of para-hydroxylation sites is 1. The van der Waals surface area contributed by atoms with Crippen molar-refractivity contribution in [2.24, 2.45) is 0 Å². The molecule has 0 saturated carbocycles.